The Labute approximate surface area is 69.0 Å². The maximum absolute atomic E-state index is 4.00. The van der Waals surface area contributed by atoms with Gasteiger partial charge >= 0.3 is 0 Å². The van der Waals surface area contributed by atoms with Crippen LogP contribution in [0.25, 0.3) is 10.2 Å². The van der Waals surface area contributed by atoms with Gasteiger partial charge in [0.2, 0.25) is 0 Å². The predicted octanol–water partition coefficient (Wildman–Crippen LogP) is 2.25. The average molecular weight is 164 g/mol. The van der Waals surface area contributed by atoms with E-state index in [9.17, 15) is 0 Å². The molecule has 0 aliphatic rings. The topological polar surface area (TPSA) is 25.8 Å². The molecule has 0 N–H and O–H groups in total. The number of hydrogen-bond acceptors (Lipinski definition) is 3. The summed E-state index contributed by atoms with van der Waals surface area (Å²) in [6.45, 7) is 2.14. The third kappa shape index (κ3) is 1.12. The van der Waals surface area contributed by atoms with Gasteiger partial charge in [0.15, 0.2) is 0 Å². The first-order valence-electron chi connectivity index (χ1n) is 3.61. The summed E-state index contributed by atoms with van der Waals surface area (Å²) in [6, 6.07) is 6.31. The van der Waals surface area contributed by atoms with E-state index in [1.807, 2.05) is 0 Å². The van der Waals surface area contributed by atoms with E-state index in [0.717, 1.165) is 11.9 Å². The van der Waals surface area contributed by atoms with Crippen LogP contribution in [0.15, 0.2) is 18.2 Å². The Hall–Kier alpha value is -0.960. The summed E-state index contributed by atoms with van der Waals surface area (Å²) in [7, 11) is 0. The Morgan fingerprint density at radius 2 is 2.36 bits per heavy atom. The van der Waals surface area contributed by atoms with E-state index in [1.165, 1.54) is 21.8 Å². The molecule has 0 amide bonds. The van der Waals surface area contributed by atoms with E-state index in [-0.39, 0.29) is 0 Å². The van der Waals surface area contributed by atoms with Crippen LogP contribution in [0.4, 0.5) is 0 Å². The van der Waals surface area contributed by atoms with Gasteiger partial charge in [-0.15, -0.1) is 5.10 Å². The molecule has 2 aromatic rings. The molecule has 0 fully saturated rings. The molecular weight excluding hydrogens is 156 g/mol. The Kier molecular flexibility index (Phi) is 1.58. The van der Waals surface area contributed by atoms with Gasteiger partial charge in [-0.3, -0.25) is 0 Å². The monoisotopic (exact) mass is 164 g/mol. The SMILES string of the molecule is CCc1ccc2snnc2c1. The van der Waals surface area contributed by atoms with Gasteiger partial charge in [-0.2, -0.15) is 0 Å². The highest BCUT2D eigenvalue weighted by atomic mass is 32.1. The van der Waals surface area contributed by atoms with E-state index < -0.39 is 0 Å². The van der Waals surface area contributed by atoms with Crippen LogP contribution in [-0.2, 0) is 6.42 Å². The fourth-order valence-electron chi connectivity index (χ4n) is 1.05. The van der Waals surface area contributed by atoms with Crippen molar-refractivity contribution in [3.8, 4) is 0 Å². The molecule has 11 heavy (non-hydrogen) atoms. The van der Waals surface area contributed by atoms with Crippen LogP contribution in [-0.4, -0.2) is 9.59 Å². The van der Waals surface area contributed by atoms with E-state index >= 15 is 0 Å². The number of nitrogens with zero attached hydrogens (tertiary/aromatic N) is 2. The summed E-state index contributed by atoms with van der Waals surface area (Å²) in [5.41, 5.74) is 2.35. The van der Waals surface area contributed by atoms with E-state index in [4.69, 9.17) is 0 Å². The van der Waals surface area contributed by atoms with Gasteiger partial charge in [0.1, 0.15) is 5.52 Å². The number of hydrogen-bond donors (Lipinski definition) is 0. The zero-order chi connectivity index (χ0) is 7.68. The van der Waals surface area contributed by atoms with Gasteiger partial charge < -0.3 is 0 Å². The molecule has 2 nitrogen and oxygen atoms in total. The highest BCUT2D eigenvalue weighted by molar-refractivity contribution is 7.12. The summed E-state index contributed by atoms with van der Waals surface area (Å²) >= 11 is 1.45. The predicted molar refractivity (Wildman–Crippen MR) is 46.8 cm³/mol. The molecule has 1 aromatic heterocycles. The lowest BCUT2D eigenvalue weighted by atomic mass is 10.2. The van der Waals surface area contributed by atoms with Crippen molar-refractivity contribution in [1.82, 2.24) is 9.59 Å². The van der Waals surface area contributed by atoms with Crippen LogP contribution < -0.4 is 0 Å². The normalized spacial score (nSPS) is 10.6. The third-order valence-corrected chi connectivity index (χ3v) is 2.42. The van der Waals surface area contributed by atoms with Crippen molar-refractivity contribution in [1.29, 1.82) is 0 Å². The Bertz CT molecular complexity index is 367. The van der Waals surface area contributed by atoms with Crippen molar-refractivity contribution in [2.75, 3.05) is 0 Å². The van der Waals surface area contributed by atoms with Crippen LogP contribution in [0, 0.1) is 0 Å². The minimum absolute atomic E-state index is 1.02. The highest BCUT2D eigenvalue weighted by Gasteiger charge is 1.97. The van der Waals surface area contributed by atoms with Crippen LogP contribution in [0.2, 0.25) is 0 Å². The fraction of sp³-hybridized carbons (Fsp3) is 0.250. The molecule has 0 bridgehead atoms. The molecule has 0 spiro atoms. The molecule has 0 unspecified atom stereocenters. The van der Waals surface area contributed by atoms with Gasteiger partial charge in [-0.05, 0) is 35.6 Å². The van der Waals surface area contributed by atoms with E-state index in [2.05, 4.69) is 34.7 Å². The first-order valence-corrected chi connectivity index (χ1v) is 4.38. The number of aryl methyl sites for hydroxylation is 1. The van der Waals surface area contributed by atoms with Crippen LogP contribution in [0.3, 0.4) is 0 Å². The summed E-state index contributed by atoms with van der Waals surface area (Å²) in [5.74, 6) is 0. The molecule has 56 valence electrons. The second kappa shape index (κ2) is 2.58. The standard InChI is InChI=1S/C8H8N2S/c1-2-6-3-4-8-7(5-6)9-10-11-8/h3-5H,2H2,1H3. The quantitative estimate of drug-likeness (QED) is 0.646. The van der Waals surface area contributed by atoms with Crippen molar-refractivity contribution >= 4 is 21.7 Å². The van der Waals surface area contributed by atoms with Crippen molar-refractivity contribution in [3.63, 3.8) is 0 Å². The zero-order valence-corrected chi connectivity index (χ0v) is 7.06. The van der Waals surface area contributed by atoms with Gasteiger partial charge in [-0.1, -0.05) is 17.5 Å². The lowest BCUT2D eigenvalue weighted by Gasteiger charge is -1.92. The van der Waals surface area contributed by atoms with Crippen molar-refractivity contribution < 1.29 is 0 Å². The summed E-state index contributed by atoms with van der Waals surface area (Å²) < 4.78 is 5.04. The van der Waals surface area contributed by atoms with Crippen LogP contribution in [0.1, 0.15) is 12.5 Å². The van der Waals surface area contributed by atoms with Crippen molar-refractivity contribution in [2.24, 2.45) is 0 Å². The van der Waals surface area contributed by atoms with Gasteiger partial charge in [0.05, 0.1) is 4.70 Å². The van der Waals surface area contributed by atoms with Crippen molar-refractivity contribution in [2.45, 2.75) is 13.3 Å². The second-order valence-electron chi connectivity index (χ2n) is 2.43. The molecule has 1 heterocycles. The van der Waals surface area contributed by atoms with Crippen LogP contribution >= 0.6 is 11.5 Å². The molecule has 0 radical (unpaired) electrons. The summed E-state index contributed by atoms with van der Waals surface area (Å²) in [4.78, 5) is 0. The second-order valence-corrected chi connectivity index (χ2v) is 3.21. The third-order valence-electron chi connectivity index (χ3n) is 1.72. The Morgan fingerprint density at radius 1 is 1.45 bits per heavy atom. The molecule has 0 aliphatic heterocycles. The molecule has 0 saturated heterocycles. The number of rotatable bonds is 1. The first kappa shape index (κ1) is 6.73. The number of benzene rings is 1. The summed E-state index contributed by atoms with van der Waals surface area (Å²) in [5, 5.41) is 4.00. The maximum Gasteiger partial charge on any atom is 0.106 e. The lowest BCUT2D eigenvalue weighted by Crippen LogP contribution is -1.77. The van der Waals surface area contributed by atoms with E-state index in [1.54, 1.807) is 0 Å². The minimum atomic E-state index is 1.02. The Morgan fingerprint density at radius 3 is 3.18 bits per heavy atom. The maximum atomic E-state index is 4.00. The largest absolute Gasteiger partial charge is 0.138 e. The zero-order valence-electron chi connectivity index (χ0n) is 6.24. The number of fused-ring (bicyclic) bond motifs is 1. The molecule has 3 heteroatoms. The van der Waals surface area contributed by atoms with Gasteiger partial charge in [0.25, 0.3) is 0 Å². The van der Waals surface area contributed by atoms with Gasteiger partial charge in [-0.25, -0.2) is 0 Å². The highest BCUT2D eigenvalue weighted by Crippen LogP contribution is 2.16. The Balaban J connectivity index is 2.67. The average Bonchev–Trinajstić information content (AvgIpc) is 2.50. The summed E-state index contributed by atoms with van der Waals surface area (Å²) in [6.07, 6.45) is 1.06. The van der Waals surface area contributed by atoms with Gasteiger partial charge in [0, 0.05) is 0 Å². The number of aromatic nitrogens is 2. The van der Waals surface area contributed by atoms with E-state index in [0.29, 0.717) is 0 Å². The molecule has 0 aliphatic carbocycles. The molecule has 2 rings (SSSR count). The van der Waals surface area contributed by atoms with Crippen molar-refractivity contribution in [3.05, 3.63) is 23.8 Å². The smallest absolute Gasteiger partial charge is 0.106 e. The molecule has 0 atom stereocenters. The molecule has 1 aromatic carbocycles. The lowest BCUT2D eigenvalue weighted by molar-refractivity contribution is 1.14. The molecule has 0 saturated carbocycles. The fourth-order valence-corrected chi connectivity index (χ4v) is 1.59. The molecular formula is C8H8N2S. The minimum Gasteiger partial charge on any atom is -0.138 e. The first-order chi connectivity index (χ1) is 5.40. The van der Waals surface area contributed by atoms with Crippen LogP contribution in [0.5, 0.6) is 0 Å².